The molecule has 1 aliphatic heterocycles. The van der Waals surface area contributed by atoms with Crippen LogP contribution in [-0.2, 0) is 4.79 Å². The molecule has 9 heteroatoms. The SMILES string of the molecule is O=C1CC(C(F)F)=NN1c1ncnc2nc[nH]c12. The number of nitrogens with one attached hydrogen (secondary N) is 1. The zero-order valence-corrected chi connectivity index (χ0v) is 8.84. The van der Waals surface area contributed by atoms with Crippen molar-refractivity contribution in [2.45, 2.75) is 12.8 Å². The Bertz CT molecular complexity index is 651. The average Bonchev–Trinajstić information content (AvgIpc) is 2.94. The van der Waals surface area contributed by atoms with Crippen molar-refractivity contribution in [1.29, 1.82) is 0 Å². The Morgan fingerprint density at radius 3 is 2.89 bits per heavy atom. The van der Waals surface area contributed by atoms with E-state index < -0.39 is 24.5 Å². The molecule has 0 fully saturated rings. The summed E-state index contributed by atoms with van der Waals surface area (Å²) in [5.74, 6) is -0.432. The Morgan fingerprint density at radius 2 is 2.17 bits per heavy atom. The number of halogens is 2. The van der Waals surface area contributed by atoms with Gasteiger partial charge in [0.15, 0.2) is 11.5 Å². The Kier molecular flexibility index (Phi) is 2.25. The second-order valence-corrected chi connectivity index (χ2v) is 3.57. The monoisotopic (exact) mass is 252 g/mol. The van der Waals surface area contributed by atoms with Crippen molar-refractivity contribution < 1.29 is 13.6 Å². The average molecular weight is 252 g/mol. The molecule has 0 saturated carbocycles. The number of anilines is 1. The predicted molar refractivity (Wildman–Crippen MR) is 57.2 cm³/mol. The number of hydrogen-bond acceptors (Lipinski definition) is 5. The van der Waals surface area contributed by atoms with Gasteiger partial charge >= 0.3 is 0 Å². The smallest absolute Gasteiger partial charge is 0.278 e. The maximum Gasteiger partial charge on any atom is 0.278 e. The van der Waals surface area contributed by atoms with E-state index in [1.165, 1.54) is 12.7 Å². The van der Waals surface area contributed by atoms with Gasteiger partial charge in [-0.1, -0.05) is 0 Å². The summed E-state index contributed by atoms with van der Waals surface area (Å²) in [6.45, 7) is 0. The lowest BCUT2D eigenvalue weighted by Gasteiger charge is -2.09. The van der Waals surface area contributed by atoms with E-state index >= 15 is 0 Å². The fourth-order valence-electron chi connectivity index (χ4n) is 1.65. The standard InChI is InChI=1S/C9H6F2N6O/c10-7(11)4-1-5(18)17(16-4)9-6-8(13-2-12-6)14-3-15-9/h2-3,7H,1H2,(H,12,13,14,15). The van der Waals surface area contributed by atoms with Gasteiger partial charge in [0.05, 0.1) is 12.7 Å². The van der Waals surface area contributed by atoms with Crippen molar-refractivity contribution in [1.82, 2.24) is 19.9 Å². The van der Waals surface area contributed by atoms with E-state index in [-0.39, 0.29) is 5.82 Å². The summed E-state index contributed by atoms with van der Waals surface area (Å²) in [7, 11) is 0. The minimum absolute atomic E-state index is 0.123. The van der Waals surface area contributed by atoms with Gasteiger partial charge < -0.3 is 4.98 Å². The van der Waals surface area contributed by atoms with Gasteiger partial charge in [0, 0.05) is 0 Å². The van der Waals surface area contributed by atoms with Crippen molar-refractivity contribution in [2.24, 2.45) is 5.10 Å². The molecule has 0 saturated heterocycles. The van der Waals surface area contributed by atoms with Gasteiger partial charge in [-0.15, -0.1) is 0 Å². The Hall–Kier alpha value is -2.45. The molecule has 2 aromatic rings. The molecule has 7 nitrogen and oxygen atoms in total. The first kappa shape index (κ1) is 10.7. The Morgan fingerprint density at radius 1 is 1.33 bits per heavy atom. The molecule has 0 atom stereocenters. The lowest BCUT2D eigenvalue weighted by Crippen LogP contribution is -2.21. The number of nitrogens with zero attached hydrogens (tertiary/aromatic N) is 5. The normalized spacial score (nSPS) is 15.8. The molecule has 0 spiro atoms. The minimum atomic E-state index is -2.75. The third-order valence-corrected chi connectivity index (χ3v) is 2.45. The summed E-state index contributed by atoms with van der Waals surface area (Å²) in [5, 5.41) is 4.43. The lowest BCUT2D eigenvalue weighted by atomic mass is 10.3. The molecule has 0 aliphatic carbocycles. The van der Waals surface area contributed by atoms with Gasteiger partial charge in [0.2, 0.25) is 0 Å². The van der Waals surface area contributed by atoms with Crippen molar-refractivity contribution in [3.05, 3.63) is 12.7 Å². The second-order valence-electron chi connectivity index (χ2n) is 3.57. The third kappa shape index (κ3) is 1.51. The van der Waals surface area contributed by atoms with Gasteiger partial charge in [0.1, 0.15) is 17.6 Å². The van der Waals surface area contributed by atoms with Crippen molar-refractivity contribution >= 4 is 28.6 Å². The van der Waals surface area contributed by atoms with E-state index in [1.807, 2.05) is 0 Å². The van der Waals surface area contributed by atoms with E-state index in [0.717, 1.165) is 5.01 Å². The maximum atomic E-state index is 12.5. The number of fused-ring (bicyclic) bond motifs is 1. The number of carbonyl (C=O) groups is 1. The molecule has 1 aliphatic rings. The predicted octanol–water partition coefficient (Wildman–Crippen LogP) is 0.711. The highest BCUT2D eigenvalue weighted by Gasteiger charge is 2.32. The van der Waals surface area contributed by atoms with Crippen LogP contribution in [0.3, 0.4) is 0 Å². The second kappa shape index (κ2) is 3.79. The number of aromatic nitrogens is 4. The van der Waals surface area contributed by atoms with Crippen LogP contribution in [0.15, 0.2) is 17.8 Å². The first-order chi connectivity index (χ1) is 8.66. The Balaban J connectivity index is 2.10. The Labute approximate surface area is 98.6 Å². The molecule has 0 aromatic carbocycles. The molecule has 0 radical (unpaired) electrons. The first-order valence-corrected chi connectivity index (χ1v) is 4.99. The maximum absolute atomic E-state index is 12.5. The topological polar surface area (TPSA) is 87.1 Å². The van der Waals surface area contributed by atoms with E-state index in [2.05, 4.69) is 25.0 Å². The molecular formula is C9H6F2N6O. The zero-order valence-electron chi connectivity index (χ0n) is 8.84. The molecule has 3 rings (SSSR count). The van der Waals surface area contributed by atoms with Gasteiger partial charge in [-0.05, 0) is 0 Å². The molecule has 3 heterocycles. The number of hydrazone groups is 1. The highest BCUT2D eigenvalue weighted by atomic mass is 19.3. The summed E-state index contributed by atoms with van der Waals surface area (Å²) < 4.78 is 25.0. The summed E-state index contributed by atoms with van der Waals surface area (Å²) in [6, 6.07) is 0. The summed E-state index contributed by atoms with van der Waals surface area (Å²) >= 11 is 0. The molecule has 18 heavy (non-hydrogen) atoms. The van der Waals surface area contributed by atoms with Gasteiger partial charge in [0.25, 0.3) is 12.3 Å². The fourth-order valence-corrected chi connectivity index (χ4v) is 1.65. The van der Waals surface area contributed by atoms with Crippen LogP contribution in [0.1, 0.15) is 6.42 Å². The summed E-state index contributed by atoms with van der Waals surface area (Å²) in [4.78, 5) is 26.0. The number of hydrogen-bond donors (Lipinski definition) is 1. The number of imidazole rings is 1. The quantitative estimate of drug-likeness (QED) is 0.852. The fraction of sp³-hybridized carbons (Fsp3) is 0.222. The van der Waals surface area contributed by atoms with Crippen LogP contribution in [0.4, 0.5) is 14.6 Å². The van der Waals surface area contributed by atoms with Crippen LogP contribution in [0.5, 0.6) is 0 Å². The van der Waals surface area contributed by atoms with Crippen LogP contribution >= 0.6 is 0 Å². The van der Waals surface area contributed by atoms with Crippen LogP contribution in [0, 0.1) is 0 Å². The number of H-pyrrole nitrogens is 1. The van der Waals surface area contributed by atoms with Crippen LogP contribution in [-0.4, -0.2) is 38.0 Å². The zero-order chi connectivity index (χ0) is 12.7. The number of rotatable bonds is 2. The van der Waals surface area contributed by atoms with E-state index in [0.29, 0.717) is 11.2 Å². The van der Waals surface area contributed by atoms with Gasteiger partial charge in [-0.3, -0.25) is 4.79 Å². The highest BCUT2D eigenvalue weighted by molar-refractivity contribution is 6.15. The number of carbonyl (C=O) groups excluding carboxylic acids is 1. The molecule has 1 amide bonds. The molecular weight excluding hydrogens is 246 g/mol. The van der Waals surface area contributed by atoms with Gasteiger partial charge in [-0.25, -0.2) is 23.7 Å². The van der Waals surface area contributed by atoms with Crippen molar-refractivity contribution in [2.75, 3.05) is 5.01 Å². The van der Waals surface area contributed by atoms with Crippen molar-refractivity contribution in [3.63, 3.8) is 0 Å². The number of alkyl halides is 2. The van der Waals surface area contributed by atoms with E-state index in [1.54, 1.807) is 0 Å². The largest absolute Gasteiger partial charge is 0.340 e. The van der Waals surface area contributed by atoms with Crippen molar-refractivity contribution in [3.8, 4) is 0 Å². The van der Waals surface area contributed by atoms with Gasteiger partial charge in [-0.2, -0.15) is 10.1 Å². The molecule has 0 unspecified atom stereocenters. The molecule has 2 aromatic heterocycles. The van der Waals surface area contributed by atoms with Crippen LogP contribution < -0.4 is 5.01 Å². The molecule has 0 bridgehead atoms. The van der Waals surface area contributed by atoms with Crippen LogP contribution in [0.2, 0.25) is 0 Å². The molecule has 92 valence electrons. The third-order valence-electron chi connectivity index (χ3n) is 2.45. The molecule has 1 N–H and O–H groups in total. The summed E-state index contributed by atoms with van der Waals surface area (Å²) in [6.07, 6.45) is -0.585. The first-order valence-electron chi connectivity index (χ1n) is 4.99. The van der Waals surface area contributed by atoms with E-state index in [9.17, 15) is 13.6 Å². The number of amides is 1. The summed E-state index contributed by atoms with van der Waals surface area (Å²) in [5.41, 5.74) is 0.255. The van der Waals surface area contributed by atoms with Crippen LogP contribution in [0.25, 0.3) is 11.2 Å². The number of aromatic amines is 1. The van der Waals surface area contributed by atoms with E-state index in [4.69, 9.17) is 0 Å². The minimum Gasteiger partial charge on any atom is -0.340 e. The highest BCUT2D eigenvalue weighted by Crippen LogP contribution is 2.25. The lowest BCUT2D eigenvalue weighted by molar-refractivity contribution is -0.117.